The minimum absolute atomic E-state index is 0.221. The molecule has 0 aliphatic carbocycles. The zero-order valence-corrected chi connectivity index (χ0v) is 18.5. The zero-order chi connectivity index (χ0) is 23.4. The molecule has 3 aromatic carbocycles. The van der Waals surface area contributed by atoms with Gasteiger partial charge in [0.25, 0.3) is 0 Å². The molecule has 0 saturated heterocycles. The number of hydrogen-bond donors (Lipinski definition) is 1. The molecule has 1 aromatic heterocycles. The number of carbonyl (C=O) groups excluding carboxylic acids is 2. The molecule has 0 aliphatic rings. The highest BCUT2D eigenvalue weighted by Gasteiger charge is 2.22. The van der Waals surface area contributed by atoms with Crippen molar-refractivity contribution in [3.8, 4) is 28.4 Å². The minimum Gasteiger partial charge on any atom is -0.497 e. The van der Waals surface area contributed by atoms with E-state index in [1.807, 2.05) is 24.3 Å². The first-order chi connectivity index (χ1) is 16.0. The van der Waals surface area contributed by atoms with Crippen LogP contribution in [0.15, 0.2) is 78.9 Å². The lowest BCUT2D eigenvalue weighted by Crippen LogP contribution is -2.06. The Kier molecular flexibility index (Phi) is 6.26. The predicted molar refractivity (Wildman–Crippen MR) is 126 cm³/mol. The van der Waals surface area contributed by atoms with Gasteiger partial charge >= 0.3 is 0 Å². The number of hydrogen-bond acceptors (Lipinski definition) is 5. The molecule has 4 aromatic rings. The Morgan fingerprint density at radius 1 is 0.606 bits per heavy atom. The van der Waals surface area contributed by atoms with Crippen molar-refractivity contribution in [1.29, 1.82) is 0 Å². The highest BCUT2D eigenvalue weighted by Crippen LogP contribution is 2.30. The second-order valence-electron chi connectivity index (χ2n) is 7.32. The monoisotopic (exact) mass is 441 g/mol. The molecule has 6 heteroatoms. The number of nitrogens with one attached hydrogen (secondary N) is 1. The van der Waals surface area contributed by atoms with Gasteiger partial charge in [-0.1, -0.05) is 12.1 Å². The SMILES string of the molecule is COc1ccc(C(=O)c2cc(-c3ccc(OC)cc3)c(C(=O)c3ccc(OC)cc3)[nH]2)cc1. The van der Waals surface area contributed by atoms with E-state index < -0.39 is 0 Å². The van der Waals surface area contributed by atoms with E-state index in [1.54, 1.807) is 75.9 Å². The summed E-state index contributed by atoms with van der Waals surface area (Å²) in [6.45, 7) is 0. The molecule has 4 rings (SSSR count). The quantitative estimate of drug-likeness (QED) is 0.382. The van der Waals surface area contributed by atoms with Crippen molar-refractivity contribution < 1.29 is 23.8 Å². The number of aromatic amines is 1. The van der Waals surface area contributed by atoms with E-state index in [-0.39, 0.29) is 11.6 Å². The molecule has 0 atom stereocenters. The van der Waals surface area contributed by atoms with Gasteiger partial charge in [-0.15, -0.1) is 0 Å². The van der Waals surface area contributed by atoms with Gasteiger partial charge in [-0.25, -0.2) is 0 Å². The third-order valence-corrected chi connectivity index (χ3v) is 5.39. The first kappa shape index (κ1) is 21.9. The van der Waals surface area contributed by atoms with Crippen molar-refractivity contribution in [3.05, 3.63) is 101 Å². The molecule has 166 valence electrons. The number of methoxy groups -OCH3 is 3. The van der Waals surface area contributed by atoms with E-state index in [9.17, 15) is 9.59 Å². The van der Waals surface area contributed by atoms with Crippen LogP contribution >= 0.6 is 0 Å². The number of aromatic nitrogens is 1. The number of ether oxygens (including phenoxy) is 3. The number of H-pyrrole nitrogens is 1. The van der Waals surface area contributed by atoms with Crippen LogP contribution < -0.4 is 14.2 Å². The molecule has 0 spiro atoms. The Hall–Kier alpha value is -4.32. The summed E-state index contributed by atoms with van der Waals surface area (Å²) in [6, 6.07) is 22.8. The Bertz CT molecular complexity index is 1270. The fraction of sp³-hybridized carbons (Fsp3) is 0.111. The summed E-state index contributed by atoms with van der Waals surface area (Å²) >= 11 is 0. The summed E-state index contributed by atoms with van der Waals surface area (Å²) in [5, 5.41) is 0. The average Bonchev–Trinajstić information content (AvgIpc) is 3.33. The highest BCUT2D eigenvalue weighted by molar-refractivity contribution is 6.15. The summed E-state index contributed by atoms with van der Waals surface area (Å²) in [7, 11) is 4.73. The molecule has 0 saturated carbocycles. The lowest BCUT2D eigenvalue weighted by molar-refractivity contribution is 0.103. The summed E-state index contributed by atoms with van der Waals surface area (Å²) in [4.78, 5) is 29.6. The van der Waals surface area contributed by atoms with E-state index in [0.717, 1.165) is 5.56 Å². The van der Waals surface area contributed by atoms with E-state index >= 15 is 0 Å². The molecule has 1 N–H and O–H groups in total. The van der Waals surface area contributed by atoms with Crippen LogP contribution in [-0.2, 0) is 0 Å². The van der Waals surface area contributed by atoms with Gasteiger partial charge in [0.15, 0.2) is 0 Å². The largest absolute Gasteiger partial charge is 0.497 e. The van der Waals surface area contributed by atoms with Crippen LogP contribution in [0.2, 0.25) is 0 Å². The maximum absolute atomic E-state index is 13.4. The molecule has 0 unspecified atom stereocenters. The summed E-state index contributed by atoms with van der Waals surface area (Å²) in [6.07, 6.45) is 0. The maximum Gasteiger partial charge on any atom is 0.209 e. The lowest BCUT2D eigenvalue weighted by atomic mass is 9.99. The molecule has 0 aliphatic heterocycles. The molecule has 0 bridgehead atoms. The van der Waals surface area contributed by atoms with Crippen LogP contribution in [0, 0.1) is 0 Å². The van der Waals surface area contributed by atoms with Crippen LogP contribution in [0.4, 0.5) is 0 Å². The number of ketones is 2. The van der Waals surface area contributed by atoms with Crippen molar-refractivity contribution in [2.24, 2.45) is 0 Å². The van der Waals surface area contributed by atoms with Crippen molar-refractivity contribution in [3.63, 3.8) is 0 Å². The molecule has 33 heavy (non-hydrogen) atoms. The smallest absolute Gasteiger partial charge is 0.209 e. The third kappa shape index (κ3) is 4.50. The third-order valence-electron chi connectivity index (χ3n) is 5.39. The van der Waals surface area contributed by atoms with Gasteiger partial charge in [-0.2, -0.15) is 0 Å². The van der Waals surface area contributed by atoms with Crippen molar-refractivity contribution >= 4 is 11.6 Å². The second kappa shape index (κ2) is 9.44. The van der Waals surface area contributed by atoms with Crippen LogP contribution in [-0.4, -0.2) is 37.9 Å². The fourth-order valence-electron chi connectivity index (χ4n) is 3.54. The van der Waals surface area contributed by atoms with Gasteiger partial charge in [0.05, 0.1) is 32.7 Å². The zero-order valence-electron chi connectivity index (χ0n) is 18.5. The van der Waals surface area contributed by atoms with Crippen molar-refractivity contribution in [2.45, 2.75) is 0 Å². The highest BCUT2D eigenvalue weighted by atomic mass is 16.5. The van der Waals surface area contributed by atoms with Crippen LogP contribution in [0.3, 0.4) is 0 Å². The predicted octanol–water partition coefficient (Wildman–Crippen LogP) is 5.17. The summed E-state index contributed by atoms with van der Waals surface area (Å²) in [5.74, 6) is 1.57. The molecule has 1 heterocycles. The van der Waals surface area contributed by atoms with Gasteiger partial charge in [0, 0.05) is 16.7 Å². The van der Waals surface area contributed by atoms with Crippen LogP contribution in [0.1, 0.15) is 32.1 Å². The van der Waals surface area contributed by atoms with Crippen molar-refractivity contribution in [2.75, 3.05) is 21.3 Å². The van der Waals surface area contributed by atoms with Gasteiger partial charge in [-0.3, -0.25) is 9.59 Å². The summed E-state index contributed by atoms with van der Waals surface area (Å²) < 4.78 is 15.6. The molecular formula is C27H23NO5. The van der Waals surface area contributed by atoms with Gasteiger partial charge in [0.1, 0.15) is 17.2 Å². The van der Waals surface area contributed by atoms with Crippen molar-refractivity contribution in [1.82, 2.24) is 4.98 Å². The first-order valence-electron chi connectivity index (χ1n) is 10.3. The van der Waals surface area contributed by atoms with Gasteiger partial charge in [-0.05, 0) is 72.3 Å². The Balaban J connectivity index is 1.77. The molecule has 0 radical (unpaired) electrons. The Morgan fingerprint density at radius 3 is 1.48 bits per heavy atom. The van der Waals surface area contributed by atoms with E-state index in [2.05, 4.69) is 4.98 Å². The summed E-state index contributed by atoms with van der Waals surface area (Å²) in [5.41, 5.74) is 3.05. The van der Waals surface area contributed by atoms with E-state index in [0.29, 0.717) is 45.3 Å². The number of rotatable bonds is 8. The normalized spacial score (nSPS) is 10.5. The van der Waals surface area contributed by atoms with Gasteiger partial charge in [0.2, 0.25) is 11.6 Å². The second-order valence-corrected chi connectivity index (χ2v) is 7.32. The lowest BCUT2D eigenvalue weighted by Gasteiger charge is -2.06. The van der Waals surface area contributed by atoms with E-state index in [1.165, 1.54) is 0 Å². The standard InChI is InChI=1S/C27H23NO5/c1-31-20-10-4-17(5-11-20)23-16-24(26(29)18-6-12-21(32-2)13-7-18)28-25(23)27(30)19-8-14-22(33-3)15-9-19/h4-16,28H,1-3H3. The van der Waals surface area contributed by atoms with E-state index in [4.69, 9.17) is 14.2 Å². The number of carbonyl (C=O) groups is 2. The molecule has 0 fully saturated rings. The average molecular weight is 441 g/mol. The minimum atomic E-state index is -0.225. The topological polar surface area (TPSA) is 77.6 Å². The Labute approximate surface area is 191 Å². The first-order valence-corrected chi connectivity index (χ1v) is 10.3. The molecule has 6 nitrogen and oxygen atoms in total. The maximum atomic E-state index is 13.4. The van der Waals surface area contributed by atoms with Crippen LogP contribution in [0.25, 0.3) is 11.1 Å². The van der Waals surface area contributed by atoms with Gasteiger partial charge < -0.3 is 19.2 Å². The fourth-order valence-corrected chi connectivity index (χ4v) is 3.54. The van der Waals surface area contributed by atoms with Crippen LogP contribution in [0.5, 0.6) is 17.2 Å². The number of benzene rings is 3. The molecular weight excluding hydrogens is 418 g/mol. The molecule has 0 amide bonds. The Morgan fingerprint density at radius 2 is 1.03 bits per heavy atom.